The van der Waals surface area contributed by atoms with Crippen LogP contribution in [0.1, 0.15) is 5.56 Å². The van der Waals surface area contributed by atoms with Gasteiger partial charge in [0.1, 0.15) is 22.3 Å². The Morgan fingerprint density at radius 3 is 2.35 bits per heavy atom. The van der Waals surface area contributed by atoms with Crippen LogP contribution in [0.2, 0.25) is 5.02 Å². The number of rotatable bonds is 4. The van der Waals surface area contributed by atoms with E-state index in [1.54, 1.807) is 19.1 Å². The third-order valence-electron chi connectivity index (χ3n) is 3.85. The van der Waals surface area contributed by atoms with Crippen LogP contribution in [0.15, 0.2) is 47.1 Å². The number of amides is 2. The van der Waals surface area contributed by atoms with Gasteiger partial charge >= 0.3 is 0 Å². The van der Waals surface area contributed by atoms with Crippen molar-refractivity contribution in [1.82, 2.24) is 0 Å². The van der Waals surface area contributed by atoms with Gasteiger partial charge in [0, 0.05) is 11.1 Å². The first-order valence-electron chi connectivity index (χ1n) is 7.48. The fourth-order valence-electron chi connectivity index (χ4n) is 2.50. The lowest BCUT2D eigenvalue weighted by molar-refractivity contribution is -0.120. The molecule has 134 valence electrons. The Kier molecular flexibility index (Phi) is 4.89. The minimum absolute atomic E-state index is 0.0963. The zero-order valence-electron chi connectivity index (χ0n) is 13.8. The van der Waals surface area contributed by atoms with Crippen molar-refractivity contribution in [3.63, 3.8) is 0 Å². The minimum atomic E-state index is -0.699. The summed E-state index contributed by atoms with van der Waals surface area (Å²) >= 11 is 12.2. The number of imide groups is 1. The molecule has 0 saturated carbocycles. The monoisotopic (exact) mass is 394 g/mol. The highest BCUT2D eigenvalue weighted by Gasteiger charge is 2.39. The summed E-state index contributed by atoms with van der Waals surface area (Å²) in [6.07, 6.45) is 0. The van der Waals surface area contributed by atoms with Crippen LogP contribution in [-0.2, 0) is 9.59 Å². The van der Waals surface area contributed by atoms with E-state index in [-0.39, 0.29) is 16.4 Å². The lowest BCUT2D eigenvalue weighted by Crippen LogP contribution is -2.32. The van der Waals surface area contributed by atoms with Crippen LogP contribution in [0.5, 0.6) is 5.75 Å². The van der Waals surface area contributed by atoms with Crippen LogP contribution in [0, 0.1) is 12.7 Å². The van der Waals surface area contributed by atoms with Crippen molar-refractivity contribution in [2.45, 2.75) is 6.92 Å². The predicted octanol–water partition coefficient (Wildman–Crippen LogP) is 4.23. The van der Waals surface area contributed by atoms with E-state index in [1.807, 2.05) is 0 Å². The highest BCUT2D eigenvalue weighted by Crippen LogP contribution is 2.35. The number of halogens is 3. The molecule has 1 aliphatic heterocycles. The molecule has 0 radical (unpaired) electrons. The van der Waals surface area contributed by atoms with Gasteiger partial charge in [0.05, 0.1) is 18.5 Å². The summed E-state index contributed by atoms with van der Waals surface area (Å²) in [6, 6.07) is 8.22. The van der Waals surface area contributed by atoms with Crippen molar-refractivity contribution < 1.29 is 18.7 Å². The standard InChI is InChI=1S/C18H13Cl2FN2O3/c1-9-7-13(14(26-2)8-12(9)19)22-16-15(20)17(24)23(18(16)25)11-5-3-10(21)4-6-11/h3-8,22H,1-2H3. The summed E-state index contributed by atoms with van der Waals surface area (Å²) in [5.41, 5.74) is 1.31. The van der Waals surface area contributed by atoms with Crippen molar-refractivity contribution in [2.75, 3.05) is 17.3 Å². The maximum atomic E-state index is 13.1. The van der Waals surface area contributed by atoms with Crippen molar-refractivity contribution in [3.05, 3.63) is 63.5 Å². The SMILES string of the molecule is COc1cc(Cl)c(C)cc1NC1=C(Cl)C(=O)N(c2ccc(F)cc2)C1=O. The number of methoxy groups -OCH3 is 1. The van der Waals surface area contributed by atoms with Crippen LogP contribution < -0.4 is 15.0 Å². The molecule has 2 aromatic carbocycles. The third-order valence-corrected chi connectivity index (χ3v) is 4.61. The summed E-state index contributed by atoms with van der Waals surface area (Å²) in [5, 5.41) is 3.07. The number of carbonyl (C=O) groups is 2. The summed E-state index contributed by atoms with van der Waals surface area (Å²) in [6.45, 7) is 1.79. The normalized spacial score (nSPS) is 14.3. The third kappa shape index (κ3) is 3.13. The average molecular weight is 395 g/mol. The zero-order valence-corrected chi connectivity index (χ0v) is 15.3. The van der Waals surface area contributed by atoms with Crippen molar-refractivity contribution in [2.24, 2.45) is 0 Å². The molecule has 0 aromatic heterocycles. The first-order valence-corrected chi connectivity index (χ1v) is 8.24. The van der Waals surface area contributed by atoms with E-state index >= 15 is 0 Å². The molecular formula is C18H13Cl2FN2O3. The second-order valence-electron chi connectivity index (χ2n) is 5.54. The maximum Gasteiger partial charge on any atom is 0.283 e. The molecule has 0 bridgehead atoms. The molecule has 2 aromatic rings. The van der Waals surface area contributed by atoms with E-state index in [4.69, 9.17) is 27.9 Å². The molecule has 26 heavy (non-hydrogen) atoms. The van der Waals surface area contributed by atoms with Crippen LogP contribution in [-0.4, -0.2) is 18.9 Å². The van der Waals surface area contributed by atoms with E-state index < -0.39 is 17.6 Å². The van der Waals surface area contributed by atoms with Gasteiger partial charge in [0.15, 0.2) is 0 Å². The van der Waals surface area contributed by atoms with Gasteiger partial charge in [-0.25, -0.2) is 9.29 Å². The van der Waals surface area contributed by atoms with E-state index in [9.17, 15) is 14.0 Å². The molecule has 0 spiro atoms. The van der Waals surface area contributed by atoms with E-state index in [0.29, 0.717) is 16.5 Å². The van der Waals surface area contributed by atoms with Crippen LogP contribution >= 0.6 is 23.2 Å². The second-order valence-corrected chi connectivity index (χ2v) is 6.32. The number of nitrogens with one attached hydrogen (secondary N) is 1. The number of anilines is 2. The molecule has 0 saturated heterocycles. The number of hydrogen-bond acceptors (Lipinski definition) is 4. The lowest BCUT2D eigenvalue weighted by Gasteiger charge is -2.16. The molecule has 0 fully saturated rings. The molecule has 8 heteroatoms. The van der Waals surface area contributed by atoms with Crippen LogP contribution in [0.4, 0.5) is 15.8 Å². The number of nitrogens with zero attached hydrogens (tertiary/aromatic N) is 1. The smallest absolute Gasteiger partial charge is 0.283 e. The van der Waals surface area contributed by atoms with Gasteiger partial charge in [-0.15, -0.1) is 0 Å². The quantitative estimate of drug-likeness (QED) is 0.788. The lowest BCUT2D eigenvalue weighted by atomic mass is 10.2. The van der Waals surface area contributed by atoms with E-state index in [1.165, 1.54) is 19.2 Å². The Hall–Kier alpha value is -2.57. The van der Waals surface area contributed by atoms with E-state index in [2.05, 4.69) is 5.32 Å². The summed E-state index contributed by atoms with van der Waals surface area (Å²) < 4.78 is 18.4. The Morgan fingerprint density at radius 1 is 1.08 bits per heavy atom. The van der Waals surface area contributed by atoms with E-state index in [0.717, 1.165) is 22.6 Å². The topological polar surface area (TPSA) is 58.6 Å². The van der Waals surface area contributed by atoms with Gasteiger partial charge < -0.3 is 10.1 Å². The molecule has 1 heterocycles. The number of benzene rings is 2. The Labute approximate surface area is 159 Å². The fraction of sp³-hybridized carbons (Fsp3) is 0.111. The largest absolute Gasteiger partial charge is 0.495 e. The van der Waals surface area contributed by atoms with Crippen molar-refractivity contribution in [3.8, 4) is 5.75 Å². The van der Waals surface area contributed by atoms with Gasteiger partial charge in [0.25, 0.3) is 11.8 Å². The predicted molar refractivity (Wildman–Crippen MR) is 98.1 cm³/mol. The van der Waals surface area contributed by atoms with Gasteiger partial charge in [-0.2, -0.15) is 0 Å². The number of aryl methyl sites for hydroxylation is 1. The molecule has 1 N–H and O–H groups in total. The van der Waals surface area contributed by atoms with Gasteiger partial charge in [-0.05, 0) is 42.8 Å². The summed E-state index contributed by atoms with van der Waals surface area (Å²) in [7, 11) is 1.45. The molecule has 5 nitrogen and oxygen atoms in total. The molecule has 0 aliphatic carbocycles. The summed E-state index contributed by atoms with van der Waals surface area (Å²) in [5.74, 6) is -1.44. The first kappa shape index (κ1) is 18.2. The van der Waals surface area contributed by atoms with Gasteiger partial charge in [0.2, 0.25) is 0 Å². The zero-order chi connectivity index (χ0) is 19.0. The number of hydrogen-bond donors (Lipinski definition) is 1. The molecule has 2 amide bonds. The Bertz CT molecular complexity index is 942. The molecule has 0 atom stereocenters. The van der Waals surface area contributed by atoms with Crippen molar-refractivity contribution in [1.29, 1.82) is 0 Å². The first-order chi connectivity index (χ1) is 12.3. The van der Waals surface area contributed by atoms with Gasteiger partial charge in [-0.3, -0.25) is 9.59 Å². The highest BCUT2D eigenvalue weighted by atomic mass is 35.5. The van der Waals surface area contributed by atoms with Gasteiger partial charge in [-0.1, -0.05) is 23.2 Å². The molecular weight excluding hydrogens is 382 g/mol. The molecule has 0 unspecified atom stereocenters. The number of ether oxygens (including phenoxy) is 1. The second kappa shape index (κ2) is 6.97. The molecule has 1 aliphatic rings. The Morgan fingerprint density at radius 2 is 1.73 bits per heavy atom. The molecule has 3 rings (SSSR count). The minimum Gasteiger partial charge on any atom is -0.495 e. The summed E-state index contributed by atoms with van der Waals surface area (Å²) in [4.78, 5) is 26.0. The highest BCUT2D eigenvalue weighted by molar-refractivity contribution is 6.53. The van der Waals surface area contributed by atoms with Crippen LogP contribution in [0.25, 0.3) is 0 Å². The maximum absolute atomic E-state index is 13.1. The van der Waals surface area contributed by atoms with Crippen LogP contribution in [0.3, 0.4) is 0 Å². The average Bonchev–Trinajstić information content (AvgIpc) is 2.82. The Balaban J connectivity index is 1.96. The van der Waals surface area contributed by atoms with Crippen molar-refractivity contribution >= 4 is 46.4 Å². The number of carbonyl (C=O) groups excluding carboxylic acids is 2. The fourth-order valence-corrected chi connectivity index (χ4v) is 2.87.